The van der Waals surface area contributed by atoms with Gasteiger partial charge in [0.2, 0.25) is 0 Å². The zero-order valence-corrected chi connectivity index (χ0v) is 16.2. The smallest absolute Gasteiger partial charge is 0.339 e. The second kappa shape index (κ2) is 9.07. The molecule has 0 saturated heterocycles. The summed E-state index contributed by atoms with van der Waals surface area (Å²) in [6.45, 7) is 7.09. The predicted octanol–water partition coefficient (Wildman–Crippen LogP) is 3.97. The van der Waals surface area contributed by atoms with Gasteiger partial charge in [0.15, 0.2) is 0 Å². The Kier molecular flexibility index (Phi) is 6.82. The Labute approximate surface area is 159 Å². The second-order valence-electron chi connectivity index (χ2n) is 7.04. The summed E-state index contributed by atoms with van der Waals surface area (Å²) in [7, 11) is 1.30. The number of hydrogen-bond acceptors (Lipinski definition) is 4. The van der Waals surface area contributed by atoms with Gasteiger partial charge in [-0.05, 0) is 35.2 Å². The van der Waals surface area contributed by atoms with Gasteiger partial charge in [-0.2, -0.15) is 0 Å². The summed E-state index contributed by atoms with van der Waals surface area (Å²) in [4.78, 5) is 23.8. The van der Waals surface area contributed by atoms with Gasteiger partial charge in [0, 0.05) is 0 Å². The third-order valence-electron chi connectivity index (χ3n) is 3.94. The molecule has 0 aliphatic heterocycles. The Morgan fingerprint density at radius 3 is 2.48 bits per heavy atom. The first kappa shape index (κ1) is 20.3. The molecular weight excluding hydrogens is 344 g/mol. The maximum absolute atomic E-state index is 12.0. The van der Waals surface area contributed by atoms with Crippen molar-refractivity contribution < 1.29 is 19.1 Å². The van der Waals surface area contributed by atoms with E-state index in [1.807, 2.05) is 18.2 Å². The molecule has 0 unspecified atom stereocenters. The molecule has 0 radical (unpaired) electrons. The standard InChI is InChI=1S/C21H26N2O4/c1-21(2,3)15-8-7-9-16(14-15)27-13-12-22-20(25)23-18-11-6-5-10-17(18)19(24)26-4/h5-11,14H,12-13H2,1-4H3,(H2,22,23,25). The second-order valence-corrected chi connectivity index (χ2v) is 7.04. The third kappa shape index (κ3) is 6.02. The Hall–Kier alpha value is -3.02. The van der Waals surface area contributed by atoms with Crippen LogP contribution < -0.4 is 15.4 Å². The molecule has 2 N–H and O–H groups in total. The maximum Gasteiger partial charge on any atom is 0.339 e. The van der Waals surface area contributed by atoms with E-state index in [4.69, 9.17) is 9.47 Å². The molecular formula is C21H26N2O4. The van der Waals surface area contributed by atoms with E-state index in [9.17, 15) is 9.59 Å². The number of ether oxygens (including phenoxy) is 2. The van der Waals surface area contributed by atoms with Crippen molar-refractivity contribution in [1.82, 2.24) is 5.32 Å². The summed E-state index contributed by atoms with van der Waals surface area (Å²) in [5, 5.41) is 5.35. The molecule has 0 aliphatic rings. The largest absolute Gasteiger partial charge is 0.492 e. The molecule has 0 atom stereocenters. The van der Waals surface area contributed by atoms with Crippen LogP contribution in [-0.4, -0.2) is 32.3 Å². The van der Waals surface area contributed by atoms with Gasteiger partial charge in [0.05, 0.1) is 24.9 Å². The van der Waals surface area contributed by atoms with Gasteiger partial charge in [-0.1, -0.05) is 45.0 Å². The van der Waals surface area contributed by atoms with Crippen LogP contribution in [0, 0.1) is 0 Å². The van der Waals surface area contributed by atoms with Crippen LogP contribution in [-0.2, 0) is 10.2 Å². The zero-order chi connectivity index (χ0) is 19.9. The van der Waals surface area contributed by atoms with Crippen molar-refractivity contribution in [1.29, 1.82) is 0 Å². The molecule has 2 aromatic carbocycles. The number of methoxy groups -OCH3 is 1. The van der Waals surface area contributed by atoms with Gasteiger partial charge in [-0.3, -0.25) is 0 Å². The molecule has 0 aliphatic carbocycles. The van der Waals surface area contributed by atoms with Crippen molar-refractivity contribution in [3.8, 4) is 5.75 Å². The summed E-state index contributed by atoms with van der Waals surface area (Å²) in [5.41, 5.74) is 1.92. The Morgan fingerprint density at radius 2 is 1.78 bits per heavy atom. The van der Waals surface area contributed by atoms with Crippen LogP contribution in [0.5, 0.6) is 5.75 Å². The van der Waals surface area contributed by atoms with Crippen molar-refractivity contribution in [2.24, 2.45) is 0 Å². The van der Waals surface area contributed by atoms with Crippen LogP contribution in [0.4, 0.5) is 10.5 Å². The third-order valence-corrected chi connectivity index (χ3v) is 3.94. The molecule has 6 heteroatoms. The molecule has 6 nitrogen and oxygen atoms in total. The Morgan fingerprint density at radius 1 is 1.04 bits per heavy atom. The number of carbonyl (C=O) groups excluding carboxylic acids is 2. The van der Waals surface area contributed by atoms with Gasteiger partial charge in [-0.25, -0.2) is 9.59 Å². The first-order chi connectivity index (χ1) is 12.8. The van der Waals surface area contributed by atoms with Gasteiger partial charge >= 0.3 is 12.0 Å². The number of amides is 2. The normalized spacial score (nSPS) is 10.8. The summed E-state index contributed by atoms with van der Waals surface area (Å²) >= 11 is 0. The van der Waals surface area contributed by atoms with Crippen LogP contribution in [0.15, 0.2) is 48.5 Å². The number of rotatable bonds is 6. The van der Waals surface area contributed by atoms with Crippen molar-refractivity contribution >= 4 is 17.7 Å². The number of benzene rings is 2. The summed E-state index contributed by atoms with van der Waals surface area (Å²) < 4.78 is 10.4. The number of esters is 1. The monoisotopic (exact) mass is 370 g/mol. The van der Waals surface area contributed by atoms with Gasteiger partial charge in [-0.15, -0.1) is 0 Å². The number of hydrogen-bond donors (Lipinski definition) is 2. The lowest BCUT2D eigenvalue weighted by atomic mass is 9.87. The first-order valence-corrected chi connectivity index (χ1v) is 8.77. The molecule has 2 rings (SSSR count). The van der Waals surface area contributed by atoms with Crippen LogP contribution in [0.1, 0.15) is 36.7 Å². The highest BCUT2D eigenvalue weighted by Crippen LogP contribution is 2.25. The summed E-state index contributed by atoms with van der Waals surface area (Å²) in [5.74, 6) is 0.258. The van der Waals surface area contributed by atoms with Gasteiger partial charge in [0.25, 0.3) is 0 Å². The average molecular weight is 370 g/mol. The highest BCUT2D eigenvalue weighted by molar-refractivity contribution is 6.00. The molecule has 0 heterocycles. The van der Waals surface area contributed by atoms with Crippen LogP contribution in [0.2, 0.25) is 0 Å². The summed E-state index contributed by atoms with van der Waals surface area (Å²) in [6.07, 6.45) is 0. The lowest BCUT2D eigenvalue weighted by molar-refractivity contribution is 0.0602. The Balaban J connectivity index is 1.83. The lowest BCUT2D eigenvalue weighted by Crippen LogP contribution is -2.32. The number of nitrogens with one attached hydrogen (secondary N) is 2. The molecule has 144 valence electrons. The van der Waals surface area contributed by atoms with E-state index in [-0.39, 0.29) is 5.41 Å². The van der Waals surface area contributed by atoms with Crippen molar-refractivity contribution in [3.63, 3.8) is 0 Å². The fourth-order valence-electron chi connectivity index (χ4n) is 2.43. The minimum Gasteiger partial charge on any atom is -0.492 e. The molecule has 2 aromatic rings. The minimum atomic E-state index is -0.507. The van der Waals surface area contributed by atoms with Crippen molar-refractivity contribution in [2.75, 3.05) is 25.6 Å². The topological polar surface area (TPSA) is 76.7 Å². The predicted molar refractivity (Wildman–Crippen MR) is 105 cm³/mol. The highest BCUT2D eigenvalue weighted by atomic mass is 16.5. The lowest BCUT2D eigenvalue weighted by Gasteiger charge is -2.19. The van der Waals surface area contributed by atoms with E-state index in [0.29, 0.717) is 24.4 Å². The molecule has 27 heavy (non-hydrogen) atoms. The fourth-order valence-corrected chi connectivity index (χ4v) is 2.43. The first-order valence-electron chi connectivity index (χ1n) is 8.77. The van der Waals surface area contributed by atoms with Crippen LogP contribution in [0.25, 0.3) is 0 Å². The van der Waals surface area contributed by atoms with E-state index in [1.165, 1.54) is 12.7 Å². The zero-order valence-electron chi connectivity index (χ0n) is 16.2. The number of carbonyl (C=O) groups is 2. The quantitative estimate of drug-likeness (QED) is 0.596. The van der Waals surface area contributed by atoms with Crippen LogP contribution in [0.3, 0.4) is 0 Å². The molecule has 2 amide bonds. The highest BCUT2D eigenvalue weighted by Gasteiger charge is 2.14. The minimum absolute atomic E-state index is 0.0462. The van der Waals surface area contributed by atoms with Crippen molar-refractivity contribution in [2.45, 2.75) is 26.2 Å². The molecule has 0 bridgehead atoms. The molecule has 0 spiro atoms. The SMILES string of the molecule is COC(=O)c1ccccc1NC(=O)NCCOc1cccc(C(C)(C)C)c1. The van der Waals surface area contributed by atoms with E-state index >= 15 is 0 Å². The maximum atomic E-state index is 12.0. The Bertz CT molecular complexity index is 797. The van der Waals surface area contributed by atoms with Crippen LogP contribution >= 0.6 is 0 Å². The molecule has 0 aromatic heterocycles. The number of para-hydroxylation sites is 1. The van der Waals surface area contributed by atoms with E-state index in [2.05, 4.69) is 37.5 Å². The van der Waals surface area contributed by atoms with Gasteiger partial charge < -0.3 is 20.1 Å². The van der Waals surface area contributed by atoms with E-state index < -0.39 is 12.0 Å². The number of anilines is 1. The van der Waals surface area contributed by atoms with E-state index in [0.717, 1.165) is 5.75 Å². The average Bonchev–Trinajstić information content (AvgIpc) is 2.64. The summed E-state index contributed by atoms with van der Waals surface area (Å²) in [6, 6.07) is 14.2. The molecule has 0 saturated carbocycles. The van der Waals surface area contributed by atoms with Crippen molar-refractivity contribution in [3.05, 3.63) is 59.7 Å². The fraction of sp³-hybridized carbons (Fsp3) is 0.333. The van der Waals surface area contributed by atoms with E-state index in [1.54, 1.807) is 24.3 Å². The van der Waals surface area contributed by atoms with Gasteiger partial charge in [0.1, 0.15) is 12.4 Å². The molecule has 0 fully saturated rings. The number of urea groups is 1.